The minimum atomic E-state index is -0.0277. The van der Waals surface area contributed by atoms with Crippen molar-refractivity contribution in [3.05, 3.63) is 72.3 Å². The molecule has 2 rings (SSSR count). The van der Waals surface area contributed by atoms with Gasteiger partial charge in [0.2, 0.25) is 0 Å². The molecule has 0 aliphatic carbocycles. The molecule has 0 radical (unpaired) electrons. The first-order valence-electron chi connectivity index (χ1n) is 7.79. The van der Waals surface area contributed by atoms with Gasteiger partial charge in [-0.2, -0.15) is 0 Å². The Morgan fingerprint density at radius 2 is 1.83 bits per heavy atom. The average molecular weight is 326 g/mol. The lowest BCUT2D eigenvalue weighted by Gasteiger charge is -2.12. The van der Waals surface area contributed by atoms with E-state index in [9.17, 15) is 4.79 Å². The summed E-state index contributed by atoms with van der Waals surface area (Å²) in [7, 11) is 1.58. The maximum absolute atomic E-state index is 11.4. The molecule has 0 saturated carbocycles. The monoisotopic (exact) mass is 326 g/mol. The summed E-state index contributed by atoms with van der Waals surface area (Å²) in [6, 6.07) is 15.5. The van der Waals surface area contributed by atoms with Crippen molar-refractivity contribution < 1.29 is 19.0 Å². The average Bonchev–Trinajstić information content (AvgIpc) is 2.63. The summed E-state index contributed by atoms with van der Waals surface area (Å²) in [6.45, 7) is 4.94. The van der Waals surface area contributed by atoms with Crippen molar-refractivity contribution in [1.29, 1.82) is 0 Å². The molecule has 0 spiro atoms. The predicted molar refractivity (Wildman–Crippen MR) is 93.5 cm³/mol. The third-order valence-electron chi connectivity index (χ3n) is 3.43. The van der Waals surface area contributed by atoms with Crippen LogP contribution in [0.25, 0.3) is 0 Å². The Bertz CT molecular complexity index is 665. The van der Waals surface area contributed by atoms with E-state index in [1.807, 2.05) is 48.5 Å². The van der Waals surface area contributed by atoms with Gasteiger partial charge in [0.15, 0.2) is 17.3 Å². The van der Waals surface area contributed by atoms with E-state index >= 15 is 0 Å². The second kappa shape index (κ2) is 9.53. The number of carbonyl (C=O) groups excluding carboxylic acids is 1. The number of methoxy groups -OCH3 is 1. The van der Waals surface area contributed by atoms with Crippen molar-refractivity contribution in [2.75, 3.05) is 20.3 Å². The van der Waals surface area contributed by atoms with Gasteiger partial charge in [-0.05, 0) is 29.3 Å². The molecule has 126 valence electrons. The molecule has 4 heteroatoms. The van der Waals surface area contributed by atoms with Gasteiger partial charge in [0.25, 0.3) is 0 Å². The van der Waals surface area contributed by atoms with Gasteiger partial charge in [-0.1, -0.05) is 43.0 Å². The molecule has 0 heterocycles. The molecule has 0 aliphatic heterocycles. The summed E-state index contributed by atoms with van der Waals surface area (Å²) in [5.74, 6) is 1.21. The molecular formula is C20H22O4. The summed E-state index contributed by atoms with van der Waals surface area (Å²) in [4.78, 5) is 11.4. The molecule has 0 saturated heterocycles. The second-order valence-electron chi connectivity index (χ2n) is 5.22. The van der Waals surface area contributed by atoms with Gasteiger partial charge in [-0.15, -0.1) is 0 Å². The van der Waals surface area contributed by atoms with E-state index in [4.69, 9.17) is 14.2 Å². The number of ketones is 1. The number of allylic oxidation sites excluding steroid dienone is 1. The largest absolute Gasteiger partial charge is 0.493 e. The third-order valence-corrected chi connectivity index (χ3v) is 3.43. The van der Waals surface area contributed by atoms with E-state index in [2.05, 4.69) is 6.58 Å². The van der Waals surface area contributed by atoms with Gasteiger partial charge in [-0.25, -0.2) is 0 Å². The minimum Gasteiger partial charge on any atom is -0.493 e. The lowest BCUT2D eigenvalue weighted by molar-refractivity contribution is -0.114. The molecule has 0 N–H and O–H groups in total. The molecule has 0 unspecified atom stereocenters. The zero-order chi connectivity index (χ0) is 17.2. The van der Waals surface area contributed by atoms with Crippen LogP contribution in [0.3, 0.4) is 0 Å². The van der Waals surface area contributed by atoms with Crippen LogP contribution in [0.2, 0.25) is 0 Å². The van der Waals surface area contributed by atoms with Crippen molar-refractivity contribution in [3.8, 4) is 11.5 Å². The topological polar surface area (TPSA) is 44.8 Å². The van der Waals surface area contributed by atoms with Crippen molar-refractivity contribution >= 4 is 5.78 Å². The van der Waals surface area contributed by atoms with E-state index in [0.29, 0.717) is 37.7 Å². The first-order valence-corrected chi connectivity index (χ1v) is 7.79. The van der Waals surface area contributed by atoms with E-state index in [-0.39, 0.29) is 5.78 Å². The lowest BCUT2D eigenvalue weighted by Crippen LogP contribution is -2.08. The molecule has 4 nitrogen and oxygen atoms in total. The number of rotatable bonds is 10. The van der Waals surface area contributed by atoms with Crippen molar-refractivity contribution in [3.63, 3.8) is 0 Å². The van der Waals surface area contributed by atoms with Gasteiger partial charge in [0.05, 0.1) is 20.3 Å². The zero-order valence-electron chi connectivity index (χ0n) is 13.9. The molecule has 0 amide bonds. The normalized spacial score (nSPS) is 10.2. The van der Waals surface area contributed by atoms with Crippen LogP contribution in [0.5, 0.6) is 11.5 Å². The molecule has 2 aromatic rings. The minimum absolute atomic E-state index is 0.0277. The number of benzene rings is 2. The maximum atomic E-state index is 11.4. The fraction of sp³-hybridized carbons (Fsp3) is 0.250. The highest BCUT2D eigenvalue weighted by Gasteiger charge is 2.07. The summed E-state index contributed by atoms with van der Waals surface area (Å²) in [5.41, 5.74) is 2.00. The Kier molecular flexibility index (Phi) is 7.05. The molecule has 0 atom stereocenters. The standard InChI is InChI=1S/C20H22O4/c1-3-18(21)13-17-9-10-19(20(14-17)22-2)24-12-11-23-15-16-7-5-4-6-8-16/h3-10,14H,1,11-13,15H2,2H3. The summed E-state index contributed by atoms with van der Waals surface area (Å²) in [6.07, 6.45) is 1.63. The zero-order valence-corrected chi connectivity index (χ0v) is 13.9. The van der Waals surface area contributed by atoms with Crippen LogP contribution < -0.4 is 9.47 Å². The van der Waals surface area contributed by atoms with Crippen LogP contribution in [-0.4, -0.2) is 26.1 Å². The molecule has 0 aromatic heterocycles. The lowest BCUT2D eigenvalue weighted by atomic mass is 10.1. The molecule has 24 heavy (non-hydrogen) atoms. The molecule has 0 fully saturated rings. The Morgan fingerprint density at radius 1 is 1.04 bits per heavy atom. The van der Waals surface area contributed by atoms with Crippen molar-refractivity contribution in [2.24, 2.45) is 0 Å². The van der Waals surface area contributed by atoms with Gasteiger partial charge in [-0.3, -0.25) is 4.79 Å². The summed E-state index contributed by atoms with van der Waals surface area (Å²) >= 11 is 0. The number of carbonyl (C=O) groups is 1. The van der Waals surface area contributed by atoms with Crippen LogP contribution in [0.15, 0.2) is 61.2 Å². The number of hydrogen-bond donors (Lipinski definition) is 0. The van der Waals surface area contributed by atoms with E-state index in [0.717, 1.165) is 11.1 Å². The summed E-state index contributed by atoms with van der Waals surface area (Å²) < 4.78 is 16.6. The molecule has 2 aromatic carbocycles. The number of hydrogen-bond acceptors (Lipinski definition) is 4. The van der Waals surface area contributed by atoms with Gasteiger partial charge >= 0.3 is 0 Å². The Hall–Kier alpha value is -2.59. The third kappa shape index (κ3) is 5.56. The van der Waals surface area contributed by atoms with Crippen LogP contribution in [0.4, 0.5) is 0 Å². The SMILES string of the molecule is C=CC(=O)Cc1ccc(OCCOCc2ccccc2)c(OC)c1. The quantitative estimate of drug-likeness (QED) is 0.494. The van der Waals surface area contributed by atoms with Crippen molar-refractivity contribution in [1.82, 2.24) is 0 Å². The molecule has 0 aliphatic rings. The van der Waals surface area contributed by atoms with Gasteiger partial charge in [0, 0.05) is 6.42 Å². The Morgan fingerprint density at radius 3 is 2.54 bits per heavy atom. The van der Waals surface area contributed by atoms with E-state index < -0.39 is 0 Å². The van der Waals surface area contributed by atoms with Crippen LogP contribution in [0, 0.1) is 0 Å². The fourth-order valence-electron chi connectivity index (χ4n) is 2.19. The summed E-state index contributed by atoms with van der Waals surface area (Å²) in [5, 5.41) is 0. The first kappa shape index (κ1) is 17.8. The highest BCUT2D eigenvalue weighted by Crippen LogP contribution is 2.28. The Balaban J connectivity index is 1.81. The van der Waals surface area contributed by atoms with E-state index in [1.54, 1.807) is 7.11 Å². The van der Waals surface area contributed by atoms with Crippen LogP contribution in [0.1, 0.15) is 11.1 Å². The first-order chi connectivity index (χ1) is 11.7. The highest BCUT2D eigenvalue weighted by atomic mass is 16.5. The van der Waals surface area contributed by atoms with Crippen molar-refractivity contribution in [2.45, 2.75) is 13.0 Å². The predicted octanol–water partition coefficient (Wildman–Crippen LogP) is 3.59. The van der Waals surface area contributed by atoms with E-state index in [1.165, 1.54) is 6.08 Å². The Labute approximate surface area is 142 Å². The van der Waals surface area contributed by atoms with Crippen LogP contribution in [-0.2, 0) is 22.6 Å². The highest BCUT2D eigenvalue weighted by molar-refractivity contribution is 5.90. The fourth-order valence-corrected chi connectivity index (χ4v) is 2.19. The molecule has 0 bridgehead atoms. The molecular weight excluding hydrogens is 304 g/mol. The number of ether oxygens (including phenoxy) is 3. The van der Waals surface area contributed by atoms with Gasteiger partial charge in [0.1, 0.15) is 6.61 Å². The smallest absolute Gasteiger partial charge is 0.161 e. The maximum Gasteiger partial charge on any atom is 0.161 e. The second-order valence-corrected chi connectivity index (χ2v) is 5.22. The van der Waals surface area contributed by atoms with Crippen LogP contribution >= 0.6 is 0 Å². The van der Waals surface area contributed by atoms with Gasteiger partial charge < -0.3 is 14.2 Å².